The lowest BCUT2D eigenvalue weighted by Crippen LogP contribution is -2.57. The Morgan fingerprint density at radius 3 is 2.48 bits per heavy atom. The summed E-state index contributed by atoms with van der Waals surface area (Å²) < 4.78 is 51.8. The van der Waals surface area contributed by atoms with Crippen molar-refractivity contribution in [3.63, 3.8) is 0 Å². The normalized spacial score (nSPS) is 21.0. The fourth-order valence-corrected chi connectivity index (χ4v) is 3.80. The first-order valence-electron chi connectivity index (χ1n) is 10.4. The highest BCUT2D eigenvalue weighted by Crippen LogP contribution is 2.38. The number of nitrogens with one attached hydrogen (secondary N) is 1. The predicted octanol–water partition coefficient (Wildman–Crippen LogP) is 4.20. The SMILES string of the molecule is Cc1cnn2cc(-c3cnn(C(F)(F)F)c3)nc(OC3(C)CC(NC(=O)OC(C)(C)C)C3)c12. The molecule has 1 saturated carbocycles. The van der Waals surface area contributed by atoms with Crippen molar-refractivity contribution in [2.45, 2.75) is 71.0 Å². The molecule has 1 aliphatic rings. The number of halogens is 3. The molecule has 0 radical (unpaired) electrons. The van der Waals surface area contributed by atoms with E-state index in [1.54, 1.807) is 27.0 Å². The number of alkyl carbamates (subject to hydrolysis) is 1. The molecule has 33 heavy (non-hydrogen) atoms. The van der Waals surface area contributed by atoms with Gasteiger partial charge in [-0.05, 0) is 34.6 Å². The van der Waals surface area contributed by atoms with E-state index in [1.165, 1.54) is 10.7 Å². The number of ether oxygens (including phenoxy) is 2. The molecule has 1 fully saturated rings. The summed E-state index contributed by atoms with van der Waals surface area (Å²) in [6, 6.07) is -0.125. The number of alkyl halides is 3. The molecule has 9 nitrogen and oxygen atoms in total. The molecule has 0 aromatic carbocycles. The number of hydrogen-bond donors (Lipinski definition) is 1. The maximum Gasteiger partial charge on any atom is 0.504 e. The van der Waals surface area contributed by atoms with E-state index in [0.29, 0.717) is 18.4 Å². The third kappa shape index (κ3) is 4.88. The number of rotatable bonds is 4. The van der Waals surface area contributed by atoms with E-state index in [1.807, 2.05) is 13.8 Å². The molecule has 3 heterocycles. The predicted molar refractivity (Wildman–Crippen MR) is 112 cm³/mol. The van der Waals surface area contributed by atoms with E-state index in [4.69, 9.17) is 9.47 Å². The third-order valence-corrected chi connectivity index (χ3v) is 5.21. The Morgan fingerprint density at radius 1 is 1.18 bits per heavy atom. The molecule has 1 aliphatic carbocycles. The minimum atomic E-state index is -4.63. The summed E-state index contributed by atoms with van der Waals surface area (Å²) in [7, 11) is 0. The van der Waals surface area contributed by atoms with Crippen LogP contribution in [0.5, 0.6) is 5.88 Å². The summed E-state index contributed by atoms with van der Waals surface area (Å²) >= 11 is 0. The molecule has 0 atom stereocenters. The Kier molecular flexibility index (Phi) is 5.29. The molecule has 1 amide bonds. The maximum absolute atomic E-state index is 12.9. The fourth-order valence-electron chi connectivity index (χ4n) is 3.80. The van der Waals surface area contributed by atoms with Crippen LogP contribution in [0.3, 0.4) is 0 Å². The van der Waals surface area contributed by atoms with Crippen LogP contribution in [0, 0.1) is 6.92 Å². The molecule has 4 rings (SSSR count). The summed E-state index contributed by atoms with van der Waals surface area (Å²) in [6.07, 6.45) is 1.02. The van der Waals surface area contributed by atoms with Crippen LogP contribution in [0.1, 0.15) is 46.1 Å². The number of nitrogens with zero attached hydrogens (tertiary/aromatic N) is 5. The van der Waals surface area contributed by atoms with Gasteiger partial charge in [0.05, 0.1) is 24.3 Å². The van der Waals surface area contributed by atoms with Gasteiger partial charge in [0, 0.05) is 36.2 Å². The molecule has 0 spiro atoms. The fraction of sp³-hybridized carbons (Fsp3) is 0.524. The number of aromatic nitrogens is 5. The van der Waals surface area contributed by atoms with Crippen molar-refractivity contribution in [3.05, 3.63) is 30.4 Å². The van der Waals surface area contributed by atoms with Gasteiger partial charge in [-0.1, -0.05) is 0 Å². The van der Waals surface area contributed by atoms with Crippen LogP contribution in [0.4, 0.5) is 18.0 Å². The zero-order valence-corrected chi connectivity index (χ0v) is 18.9. The second kappa shape index (κ2) is 7.63. The van der Waals surface area contributed by atoms with E-state index in [0.717, 1.165) is 18.0 Å². The van der Waals surface area contributed by atoms with Crippen LogP contribution >= 0.6 is 0 Å². The molecule has 3 aromatic heterocycles. The van der Waals surface area contributed by atoms with Gasteiger partial charge < -0.3 is 14.8 Å². The van der Waals surface area contributed by atoms with E-state index in [9.17, 15) is 18.0 Å². The van der Waals surface area contributed by atoms with Crippen molar-refractivity contribution in [1.82, 2.24) is 29.7 Å². The van der Waals surface area contributed by atoms with Crippen LogP contribution in [-0.2, 0) is 11.0 Å². The van der Waals surface area contributed by atoms with Gasteiger partial charge in [0.25, 0.3) is 0 Å². The molecule has 178 valence electrons. The Labute approximate surface area is 187 Å². The summed E-state index contributed by atoms with van der Waals surface area (Å²) in [6.45, 7) is 9.09. The summed E-state index contributed by atoms with van der Waals surface area (Å²) in [4.78, 5) is 16.5. The molecule has 0 saturated heterocycles. The standard InChI is InChI=1S/C21H25F3N6O3/c1-12-8-25-29-11-15(13-9-26-30(10-13)21(22,23)24)28-17(16(12)29)32-20(5)6-14(7-20)27-18(31)33-19(2,3)4/h8-11,14H,6-7H2,1-5H3,(H,27,31). The van der Waals surface area contributed by atoms with E-state index >= 15 is 0 Å². The lowest BCUT2D eigenvalue weighted by Gasteiger charge is -2.44. The highest BCUT2D eigenvalue weighted by molar-refractivity contribution is 5.69. The first-order valence-corrected chi connectivity index (χ1v) is 10.4. The van der Waals surface area contributed by atoms with Crippen LogP contribution in [0.15, 0.2) is 24.8 Å². The smallest absolute Gasteiger partial charge is 0.470 e. The number of carbonyl (C=O) groups is 1. The molecule has 0 aliphatic heterocycles. The monoisotopic (exact) mass is 466 g/mol. The minimum Gasteiger partial charge on any atom is -0.470 e. The van der Waals surface area contributed by atoms with Gasteiger partial charge >= 0.3 is 12.4 Å². The zero-order chi connectivity index (χ0) is 24.2. The van der Waals surface area contributed by atoms with Crippen molar-refractivity contribution in [2.75, 3.05) is 0 Å². The average Bonchev–Trinajstić information content (AvgIpc) is 3.26. The Hall–Kier alpha value is -3.31. The van der Waals surface area contributed by atoms with Gasteiger partial charge in [0.1, 0.15) is 16.7 Å². The highest BCUT2D eigenvalue weighted by Gasteiger charge is 2.44. The first kappa shape index (κ1) is 22.9. The zero-order valence-electron chi connectivity index (χ0n) is 18.9. The maximum atomic E-state index is 12.9. The third-order valence-electron chi connectivity index (χ3n) is 5.21. The van der Waals surface area contributed by atoms with Gasteiger partial charge in [-0.3, -0.25) is 0 Å². The second-order valence-corrected chi connectivity index (χ2v) is 9.50. The lowest BCUT2D eigenvalue weighted by molar-refractivity contribution is -0.212. The number of aryl methyl sites for hydroxylation is 1. The minimum absolute atomic E-state index is 0.0801. The summed E-state index contributed by atoms with van der Waals surface area (Å²) in [5.74, 6) is 0.250. The molecule has 0 unspecified atom stereocenters. The van der Waals surface area contributed by atoms with E-state index in [2.05, 4.69) is 20.5 Å². The van der Waals surface area contributed by atoms with Gasteiger partial charge in [0.15, 0.2) is 0 Å². The molecular formula is C21H25F3N6O3. The highest BCUT2D eigenvalue weighted by atomic mass is 19.4. The quantitative estimate of drug-likeness (QED) is 0.619. The molecule has 0 bridgehead atoms. The van der Waals surface area contributed by atoms with E-state index < -0.39 is 23.6 Å². The van der Waals surface area contributed by atoms with Crippen molar-refractivity contribution >= 4 is 11.6 Å². The van der Waals surface area contributed by atoms with Crippen molar-refractivity contribution in [1.29, 1.82) is 0 Å². The first-order chi connectivity index (χ1) is 15.2. The van der Waals surface area contributed by atoms with Gasteiger partial charge in [0.2, 0.25) is 5.88 Å². The number of carbonyl (C=O) groups excluding carboxylic acids is 1. The van der Waals surface area contributed by atoms with Crippen LogP contribution in [0.2, 0.25) is 0 Å². The molecule has 3 aromatic rings. The van der Waals surface area contributed by atoms with Gasteiger partial charge in [-0.25, -0.2) is 14.3 Å². The molecular weight excluding hydrogens is 441 g/mol. The average molecular weight is 466 g/mol. The Balaban J connectivity index is 1.55. The largest absolute Gasteiger partial charge is 0.504 e. The number of fused-ring (bicyclic) bond motifs is 1. The Morgan fingerprint density at radius 2 is 1.88 bits per heavy atom. The second-order valence-electron chi connectivity index (χ2n) is 9.50. The van der Waals surface area contributed by atoms with Crippen LogP contribution < -0.4 is 10.1 Å². The van der Waals surface area contributed by atoms with Gasteiger partial charge in [-0.15, -0.1) is 13.2 Å². The van der Waals surface area contributed by atoms with Crippen molar-refractivity contribution in [2.24, 2.45) is 0 Å². The molecule has 1 N–H and O–H groups in total. The van der Waals surface area contributed by atoms with E-state index in [-0.39, 0.29) is 27.9 Å². The van der Waals surface area contributed by atoms with Crippen LogP contribution in [0.25, 0.3) is 16.8 Å². The summed E-state index contributed by atoms with van der Waals surface area (Å²) in [5, 5.41) is 10.4. The van der Waals surface area contributed by atoms with Gasteiger partial charge in [-0.2, -0.15) is 14.9 Å². The summed E-state index contributed by atoms with van der Waals surface area (Å²) in [5.41, 5.74) is 0.618. The lowest BCUT2D eigenvalue weighted by atomic mass is 9.77. The topological polar surface area (TPSA) is 95.6 Å². The van der Waals surface area contributed by atoms with Crippen molar-refractivity contribution in [3.8, 4) is 17.1 Å². The molecule has 12 heteroatoms. The van der Waals surface area contributed by atoms with Crippen LogP contribution in [-0.4, -0.2) is 47.7 Å². The van der Waals surface area contributed by atoms with Crippen molar-refractivity contribution < 1.29 is 27.4 Å². The number of amides is 1. The Bertz CT molecular complexity index is 1190. The number of hydrogen-bond acceptors (Lipinski definition) is 6.